The first-order chi connectivity index (χ1) is 11.9. The first-order valence-corrected chi connectivity index (χ1v) is 8.69. The molecule has 7 nitrogen and oxygen atoms in total. The van der Waals surface area contributed by atoms with Crippen molar-refractivity contribution < 1.29 is 14.3 Å². The zero-order valence-electron chi connectivity index (χ0n) is 13.7. The van der Waals surface area contributed by atoms with Crippen molar-refractivity contribution >= 4 is 46.7 Å². The van der Waals surface area contributed by atoms with Crippen LogP contribution in [0.4, 0.5) is 11.5 Å². The first-order valence-electron chi connectivity index (χ1n) is 7.44. The molecule has 0 fully saturated rings. The monoisotopic (exact) mass is 380 g/mol. The van der Waals surface area contributed by atoms with Gasteiger partial charge in [0.25, 0.3) is 0 Å². The van der Waals surface area contributed by atoms with Crippen LogP contribution in [0.5, 0.6) is 0 Å². The van der Waals surface area contributed by atoms with Gasteiger partial charge in [0.1, 0.15) is 11.4 Å². The Morgan fingerprint density at radius 3 is 2.76 bits per heavy atom. The van der Waals surface area contributed by atoms with E-state index in [-0.39, 0.29) is 29.1 Å². The lowest BCUT2D eigenvalue weighted by atomic mass is 10.3. The fraction of sp³-hybridized carbons (Fsp3) is 0.250. The van der Waals surface area contributed by atoms with Gasteiger partial charge in [0.2, 0.25) is 5.91 Å². The van der Waals surface area contributed by atoms with Crippen LogP contribution in [0.2, 0.25) is 5.02 Å². The molecule has 1 amide bonds. The highest BCUT2D eigenvalue weighted by molar-refractivity contribution is 8.00. The van der Waals surface area contributed by atoms with Crippen LogP contribution in [-0.2, 0) is 9.53 Å². The average Bonchev–Trinajstić information content (AvgIpc) is 2.57. The molecular weight excluding hydrogens is 364 g/mol. The van der Waals surface area contributed by atoms with Crippen molar-refractivity contribution in [3.8, 4) is 0 Å². The number of halogens is 1. The summed E-state index contributed by atoms with van der Waals surface area (Å²) in [4.78, 5) is 32.0. The molecule has 0 aliphatic heterocycles. The normalized spacial score (nSPS) is 11.6. The third-order valence-electron chi connectivity index (χ3n) is 3.07. The van der Waals surface area contributed by atoms with Gasteiger partial charge in [-0.1, -0.05) is 35.5 Å². The number of anilines is 2. The van der Waals surface area contributed by atoms with E-state index in [0.29, 0.717) is 10.7 Å². The highest BCUT2D eigenvalue weighted by Gasteiger charge is 2.19. The molecule has 9 heteroatoms. The third-order valence-corrected chi connectivity index (χ3v) is 4.38. The fourth-order valence-corrected chi connectivity index (χ4v) is 2.74. The molecule has 2 aromatic rings. The minimum absolute atomic E-state index is 0.00895. The summed E-state index contributed by atoms with van der Waals surface area (Å²) >= 11 is 7.14. The van der Waals surface area contributed by atoms with E-state index in [1.807, 2.05) is 0 Å². The number of carbonyl (C=O) groups excluding carboxylic acids is 2. The molecule has 1 heterocycles. The van der Waals surface area contributed by atoms with Gasteiger partial charge >= 0.3 is 5.97 Å². The molecule has 3 N–H and O–H groups in total. The Balaban J connectivity index is 2.03. The van der Waals surface area contributed by atoms with E-state index in [2.05, 4.69) is 15.3 Å². The Kier molecular flexibility index (Phi) is 6.60. The number of amides is 1. The number of aromatic nitrogens is 2. The first kappa shape index (κ1) is 19.0. The highest BCUT2D eigenvalue weighted by atomic mass is 35.5. The molecule has 0 radical (unpaired) electrons. The van der Waals surface area contributed by atoms with Gasteiger partial charge in [-0.2, -0.15) is 0 Å². The van der Waals surface area contributed by atoms with E-state index in [1.54, 1.807) is 38.1 Å². The van der Waals surface area contributed by atoms with Crippen molar-refractivity contribution in [3.63, 3.8) is 0 Å². The molecular formula is C16H17ClN4O3S. The maximum atomic E-state index is 12.3. The Morgan fingerprint density at radius 1 is 1.40 bits per heavy atom. The minimum atomic E-state index is -0.582. The van der Waals surface area contributed by atoms with Gasteiger partial charge in [0.05, 0.1) is 22.6 Å². The molecule has 0 spiro atoms. The van der Waals surface area contributed by atoms with Crippen molar-refractivity contribution in [1.29, 1.82) is 0 Å². The summed E-state index contributed by atoms with van der Waals surface area (Å²) in [6, 6.07) is 6.95. The lowest BCUT2D eigenvalue weighted by molar-refractivity contribution is -0.115. The Hall–Kier alpha value is -2.32. The van der Waals surface area contributed by atoms with Crippen molar-refractivity contribution in [1.82, 2.24) is 9.97 Å². The van der Waals surface area contributed by atoms with E-state index >= 15 is 0 Å². The summed E-state index contributed by atoms with van der Waals surface area (Å²) in [7, 11) is 0. The molecule has 0 saturated carbocycles. The number of rotatable bonds is 6. The fourth-order valence-electron chi connectivity index (χ4n) is 1.81. The van der Waals surface area contributed by atoms with Crippen LogP contribution in [-0.4, -0.2) is 33.7 Å². The topological polar surface area (TPSA) is 107 Å². The van der Waals surface area contributed by atoms with Crippen LogP contribution in [0.15, 0.2) is 35.6 Å². The Labute approximate surface area is 154 Å². The Bertz CT molecular complexity index is 788. The lowest BCUT2D eigenvalue weighted by Gasteiger charge is -2.12. The predicted molar refractivity (Wildman–Crippen MR) is 97.8 cm³/mol. The van der Waals surface area contributed by atoms with E-state index in [9.17, 15) is 9.59 Å². The van der Waals surface area contributed by atoms with Crippen LogP contribution in [0.25, 0.3) is 0 Å². The molecule has 1 aromatic carbocycles. The SMILES string of the molecule is CCOC(=O)c1cnc(S[C@H](C)C(=O)Nc2ccccc2Cl)nc1N. The van der Waals surface area contributed by atoms with Gasteiger partial charge < -0.3 is 15.8 Å². The van der Waals surface area contributed by atoms with Crippen LogP contribution in [0.3, 0.4) is 0 Å². The Morgan fingerprint density at radius 2 is 2.12 bits per heavy atom. The number of para-hydroxylation sites is 1. The number of nitrogens with two attached hydrogens (primary N) is 1. The largest absolute Gasteiger partial charge is 0.462 e. The van der Waals surface area contributed by atoms with Crippen molar-refractivity contribution in [2.24, 2.45) is 0 Å². The summed E-state index contributed by atoms with van der Waals surface area (Å²) in [5.74, 6) is -0.828. The highest BCUT2D eigenvalue weighted by Crippen LogP contribution is 2.25. The summed E-state index contributed by atoms with van der Waals surface area (Å²) < 4.78 is 4.86. The standard InChI is InChI=1S/C16H17ClN4O3S/c1-3-24-15(23)10-8-19-16(21-13(10)18)25-9(2)14(22)20-12-7-5-4-6-11(12)17/h4-9H,3H2,1-2H3,(H,20,22)(H2,18,19,21)/t9-/m1/s1. The second-order valence-electron chi connectivity index (χ2n) is 4.90. The molecule has 132 valence electrons. The number of thioether (sulfide) groups is 1. The van der Waals surface area contributed by atoms with E-state index in [1.165, 1.54) is 6.20 Å². The number of carbonyl (C=O) groups is 2. The van der Waals surface area contributed by atoms with Crippen molar-refractivity contribution in [3.05, 3.63) is 41.0 Å². The number of nitrogens with zero attached hydrogens (tertiary/aromatic N) is 2. The molecule has 0 aliphatic rings. The molecule has 2 rings (SSSR count). The quantitative estimate of drug-likeness (QED) is 0.450. The number of esters is 1. The van der Waals surface area contributed by atoms with Gasteiger partial charge in [0.15, 0.2) is 5.16 Å². The summed E-state index contributed by atoms with van der Waals surface area (Å²) in [5.41, 5.74) is 6.39. The molecule has 0 aliphatic carbocycles. The van der Waals surface area contributed by atoms with E-state index in [4.69, 9.17) is 22.1 Å². The average molecular weight is 381 g/mol. The van der Waals surface area contributed by atoms with Crippen molar-refractivity contribution in [2.45, 2.75) is 24.3 Å². The minimum Gasteiger partial charge on any atom is -0.462 e. The smallest absolute Gasteiger partial charge is 0.343 e. The van der Waals surface area contributed by atoms with E-state index in [0.717, 1.165) is 11.8 Å². The molecule has 25 heavy (non-hydrogen) atoms. The molecule has 0 bridgehead atoms. The molecule has 1 aromatic heterocycles. The van der Waals surface area contributed by atoms with Gasteiger partial charge in [-0.15, -0.1) is 0 Å². The van der Waals surface area contributed by atoms with Gasteiger partial charge in [0, 0.05) is 6.20 Å². The van der Waals surface area contributed by atoms with E-state index < -0.39 is 11.2 Å². The zero-order chi connectivity index (χ0) is 18.4. The van der Waals surface area contributed by atoms with Crippen LogP contribution in [0, 0.1) is 0 Å². The number of ether oxygens (including phenoxy) is 1. The van der Waals surface area contributed by atoms with Crippen molar-refractivity contribution in [2.75, 3.05) is 17.7 Å². The third kappa shape index (κ3) is 5.07. The summed E-state index contributed by atoms with van der Waals surface area (Å²) in [6.07, 6.45) is 1.29. The van der Waals surface area contributed by atoms with Crippen LogP contribution in [0.1, 0.15) is 24.2 Å². The molecule has 0 saturated heterocycles. The van der Waals surface area contributed by atoms with Gasteiger partial charge in [-0.05, 0) is 26.0 Å². The summed E-state index contributed by atoms with van der Waals surface area (Å²) in [6.45, 7) is 3.63. The van der Waals surface area contributed by atoms with Gasteiger partial charge in [-0.25, -0.2) is 14.8 Å². The summed E-state index contributed by atoms with van der Waals surface area (Å²) in [5, 5.41) is 2.98. The molecule has 0 unspecified atom stereocenters. The zero-order valence-corrected chi connectivity index (χ0v) is 15.2. The van der Waals surface area contributed by atoms with Gasteiger partial charge in [-0.3, -0.25) is 4.79 Å². The second kappa shape index (κ2) is 8.68. The molecule has 1 atom stereocenters. The number of nitrogens with one attached hydrogen (secondary N) is 1. The number of hydrogen-bond acceptors (Lipinski definition) is 7. The maximum Gasteiger partial charge on any atom is 0.343 e. The van der Waals surface area contributed by atoms with Crippen LogP contribution >= 0.6 is 23.4 Å². The number of hydrogen-bond donors (Lipinski definition) is 2. The number of benzene rings is 1. The number of nitrogen functional groups attached to an aromatic ring is 1. The van der Waals surface area contributed by atoms with Crippen LogP contribution < -0.4 is 11.1 Å². The maximum absolute atomic E-state index is 12.3. The lowest BCUT2D eigenvalue weighted by Crippen LogP contribution is -2.23. The predicted octanol–water partition coefficient (Wildman–Crippen LogP) is 3.01. The second-order valence-corrected chi connectivity index (χ2v) is 6.62.